The average molecular weight is 270 g/mol. The topological polar surface area (TPSA) is 78.9 Å². The highest BCUT2D eigenvalue weighted by atomic mass is 16.5. The maximum Gasteiger partial charge on any atom is 0.323 e. The van der Waals surface area contributed by atoms with Gasteiger partial charge in [0.25, 0.3) is 0 Å². The zero-order valence-electron chi connectivity index (χ0n) is 11.3. The van der Waals surface area contributed by atoms with Gasteiger partial charge in [0.2, 0.25) is 0 Å². The van der Waals surface area contributed by atoms with Crippen LogP contribution >= 0.6 is 0 Å². The maximum atomic E-state index is 12.1. The number of carbonyl (C=O) groups is 2. The van der Waals surface area contributed by atoms with Crippen LogP contribution in [0, 0.1) is 5.92 Å². The van der Waals surface area contributed by atoms with E-state index in [0.717, 1.165) is 32.3 Å². The number of aliphatic carboxylic acids is 1. The Morgan fingerprint density at radius 3 is 2.68 bits per heavy atom. The van der Waals surface area contributed by atoms with Gasteiger partial charge in [0.05, 0.1) is 12.1 Å². The third-order valence-corrected chi connectivity index (χ3v) is 3.66. The van der Waals surface area contributed by atoms with Crippen LogP contribution in [0.5, 0.6) is 0 Å². The van der Waals surface area contributed by atoms with Crippen molar-refractivity contribution in [3.8, 4) is 0 Å². The molecule has 0 aromatic carbocycles. The first-order valence-electron chi connectivity index (χ1n) is 6.95. The van der Waals surface area contributed by atoms with E-state index in [-0.39, 0.29) is 24.7 Å². The van der Waals surface area contributed by atoms with Gasteiger partial charge >= 0.3 is 12.0 Å². The molecule has 2 aliphatic rings. The van der Waals surface area contributed by atoms with Gasteiger partial charge in [-0.25, -0.2) is 4.79 Å². The SMILES string of the molecule is CC(NC(=O)N(CC(=O)O)CC1CC1)C1CCCO1. The van der Waals surface area contributed by atoms with E-state index in [1.54, 1.807) is 0 Å². The number of carbonyl (C=O) groups excluding carboxylic acids is 1. The summed E-state index contributed by atoms with van der Waals surface area (Å²) in [6.07, 6.45) is 4.20. The monoisotopic (exact) mass is 270 g/mol. The molecule has 1 aliphatic carbocycles. The van der Waals surface area contributed by atoms with Crippen molar-refractivity contribution in [3.63, 3.8) is 0 Å². The molecule has 0 radical (unpaired) electrons. The van der Waals surface area contributed by atoms with E-state index in [2.05, 4.69) is 5.32 Å². The fourth-order valence-corrected chi connectivity index (χ4v) is 2.37. The highest BCUT2D eigenvalue weighted by molar-refractivity contribution is 5.80. The Balaban J connectivity index is 1.84. The number of nitrogens with zero attached hydrogens (tertiary/aromatic N) is 1. The van der Waals surface area contributed by atoms with E-state index in [1.165, 1.54) is 4.90 Å². The molecule has 1 saturated heterocycles. The molecule has 2 atom stereocenters. The van der Waals surface area contributed by atoms with Gasteiger partial charge in [0, 0.05) is 13.2 Å². The van der Waals surface area contributed by atoms with Crippen LogP contribution in [0.2, 0.25) is 0 Å². The number of amides is 2. The fraction of sp³-hybridized carbons (Fsp3) is 0.846. The van der Waals surface area contributed by atoms with E-state index >= 15 is 0 Å². The summed E-state index contributed by atoms with van der Waals surface area (Å²) in [5, 5.41) is 11.7. The Kier molecular flexibility index (Phi) is 4.63. The molecule has 19 heavy (non-hydrogen) atoms. The summed E-state index contributed by atoms with van der Waals surface area (Å²) in [6.45, 7) is 2.95. The fourth-order valence-electron chi connectivity index (χ4n) is 2.37. The van der Waals surface area contributed by atoms with Crippen LogP contribution in [0.1, 0.15) is 32.6 Å². The molecule has 0 aromatic rings. The molecular weight excluding hydrogens is 248 g/mol. The summed E-state index contributed by atoms with van der Waals surface area (Å²) in [5.74, 6) is -0.497. The van der Waals surface area contributed by atoms with E-state index in [0.29, 0.717) is 12.5 Å². The van der Waals surface area contributed by atoms with Gasteiger partial charge < -0.3 is 20.1 Å². The first-order chi connectivity index (χ1) is 9.06. The van der Waals surface area contributed by atoms with Gasteiger partial charge in [0.15, 0.2) is 0 Å². The van der Waals surface area contributed by atoms with Crippen LogP contribution < -0.4 is 5.32 Å². The highest BCUT2D eigenvalue weighted by Gasteiger charge is 2.30. The Morgan fingerprint density at radius 2 is 2.16 bits per heavy atom. The number of hydrogen-bond acceptors (Lipinski definition) is 3. The third-order valence-electron chi connectivity index (χ3n) is 3.66. The molecule has 0 aromatic heterocycles. The summed E-state index contributed by atoms with van der Waals surface area (Å²) in [5.41, 5.74) is 0. The summed E-state index contributed by atoms with van der Waals surface area (Å²) in [6, 6.07) is -0.372. The molecule has 6 nitrogen and oxygen atoms in total. The minimum atomic E-state index is -0.972. The Bertz CT molecular complexity index is 338. The lowest BCUT2D eigenvalue weighted by atomic mass is 10.1. The first-order valence-corrected chi connectivity index (χ1v) is 6.95. The molecule has 1 saturated carbocycles. The number of carboxylic acids is 1. The lowest BCUT2D eigenvalue weighted by Gasteiger charge is -2.26. The van der Waals surface area contributed by atoms with Crippen molar-refractivity contribution in [1.82, 2.24) is 10.2 Å². The summed E-state index contributed by atoms with van der Waals surface area (Å²) < 4.78 is 5.52. The van der Waals surface area contributed by atoms with Crippen LogP contribution in [0.15, 0.2) is 0 Å². The van der Waals surface area contributed by atoms with Crippen molar-refractivity contribution in [3.05, 3.63) is 0 Å². The number of ether oxygens (including phenoxy) is 1. The minimum Gasteiger partial charge on any atom is -0.480 e. The van der Waals surface area contributed by atoms with Gasteiger partial charge in [-0.1, -0.05) is 0 Å². The number of urea groups is 1. The van der Waals surface area contributed by atoms with Crippen molar-refractivity contribution in [1.29, 1.82) is 0 Å². The average Bonchev–Trinajstić information content (AvgIpc) is 2.98. The highest BCUT2D eigenvalue weighted by Crippen LogP contribution is 2.29. The molecule has 2 fully saturated rings. The van der Waals surface area contributed by atoms with Crippen molar-refractivity contribution in [2.24, 2.45) is 5.92 Å². The lowest BCUT2D eigenvalue weighted by Crippen LogP contribution is -2.49. The predicted molar refractivity (Wildman–Crippen MR) is 68.9 cm³/mol. The van der Waals surface area contributed by atoms with Crippen LogP contribution in [0.25, 0.3) is 0 Å². The smallest absolute Gasteiger partial charge is 0.323 e. The summed E-state index contributed by atoms with van der Waals surface area (Å²) >= 11 is 0. The number of rotatable bonds is 6. The standard InChI is InChI=1S/C13H22N2O4/c1-9(11-3-2-6-19-11)14-13(18)15(8-12(16)17)7-10-4-5-10/h9-11H,2-8H2,1H3,(H,14,18)(H,16,17). The zero-order chi connectivity index (χ0) is 13.8. The van der Waals surface area contributed by atoms with Crippen LogP contribution in [-0.2, 0) is 9.53 Å². The summed E-state index contributed by atoms with van der Waals surface area (Å²) in [7, 11) is 0. The van der Waals surface area contributed by atoms with Crippen molar-refractivity contribution < 1.29 is 19.4 Å². The van der Waals surface area contributed by atoms with Gasteiger partial charge in [-0.3, -0.25) is 4.79 Å². The van der Waals surface area contributed by atoms with E-state index < -0.39 is 5.97 Å². The second-order valence-corrected chi connectivity index (χ2v) is 5.51. The van der Waals surface area contributed by atoms with Crippen LogP contribution in [0.4, 0.5) is 4.79 Å². The number of carboxylic acid groups (broad SMARTS) is 1. The quantitative estimate of drug-likeness (QED) is 0.756. The molecule has 108 valence electrons. The zero-order valence-corrected chi connectivity index (χ0v) is 11.3. The Labute approximate surface area is 113 Å². The Hall–Kier alpha value is -1.30. The predicted octanol–water partition coefficient (Wildman–Crippen LogP) is 1.06. The van der Waals surface area contributed by atoms with Gasteiger partial charge in [-0.15, -0.1) is 0 Å². The summed E-state index contributed by atoms with van der Waals surface area (Å²) in [4.78, 5) is 24.3. The van der Waals surface area contributed by atoms with Gasteiger partial charge in [-0.2, -0.15) is 0 Å². The first kappa shape index (κ1) is 14.1. The largest absolute Gasteiger partial charge is 0.480 e. The molecule has 0 bridgehead atoms. The second kappa shape index (κ2) is 6.23. The molecule has 2 rings (SSSR count). The second-order valence-electron chi connectivity index (χ2n) is 5.51. The van der Waals surface area contributed by atoms with Crippen molar-refractivity contribution >= 4 is 12.0 Å². The number of nitrogens with one attached hydrogen (secondary N) is 1. The van der Waals surface area contributed by atoms with E-state index in [1.807, 2.05) is 6.92 Å². The van der Waals surface area contributed by atoms with E-state index in [9.17, 15) is 9.59 Å². The number of hydrogen-bond donors (Lipinski definition) is 2. The Morgan fingerprint density at radius 1 is 1.42 bits per heavy atom. The molecule has 1 heterocycles. The van der Waals surface area contributed by atoms with Gasteiger partial charge in [-0.05, 0) is 38.5 Å². The molecule has 1 aliphatic heterocycles. The van der Waals surface area contributed by atoms with Gasteiger partial charge in [0.1, 0.15) is 6.54 Å². The normalized spacial score (nSPS) is 23.9. The lowest BCUT2D eigenvalue weighted by molar-refractivity contribution is -0.137. The third kappa shape index (κ3) is 4.38. The van der Waals surface area contributed by atoms with Crippen LogP contribution in [-0.4, -0.2) is 53.8 Å². The van der Waals surface area contributed by atoms with Crippen LogP contribution in [0.3, 0.4) is 0 Å². The molecule has 2 N–H and O–H groups in total. The van der Waals surface area contributed by atoms with Crippen molar-refractivity contribution in [2.45, 2.75) is 44.8 Å². The minimum absolute atomic E-state index is 0.0524. The maximum absolute atomic E-state index is 12.1. The molecular formula is C13H22N2O4. The molecule has 2 amide bonds. The van der Waals surface area contributed by atoms with E-state index in [4.69, 9.17) is 9.84 Å². The molecule has 0 spiro atoms. The molecule has 2 unspecified atom stereocenters. The van der Waals surface area contributed by atoms with Crippen molar-refractivity contribution in [2.75, 3.05) is 19.7 Å². The molecule has 6 heteroatoms.